The van der Waals surface area contributed by atoms with E-state index in [1.54, 1.807) is 52.5 Å². The van der Waals surface area contributed by atoms with E-state index in [0.29, 0.717) is 23.0 Å². The highest BCUT2D eigenvalue weighted by Crippen LogP contribution is 2.38. The maximum absolute atomic E-state index is 10.5. The van der Waals surface area contributed by atoms with E-state index >= 15 is 0 Å². The van der Waals surface area contributed by atoms with Crippen molar-refractivity contribution in [3.05, 3.63) is 23.8 Å². The Labute approximate surface area is 123 Å². The van der Waals surface area contributed by atoms with E-state index < -0.39 is 6.03 Å². The number of hydrogen-bond donors (Lipinski definition) is 2. The zero-order chi connectivity index (χ0) is 15.8. The molecule has 0 spiro atoms. The molecule has 0 aliphatic rings. The molecular weight excluding hydrogens is 274 g/mol. The van der Waals surface area contributed by atoms with Crippen LogP contribution >= 0.6 is 0 Å². The maximum Gasteiger partial charge on any atom is 0.332 e. The van der Waals surface area contributed by atoms with E-state index in [9.17, 15) is 4.79 Å². The van der Waals surface area contributed by atoms with E-state index in [2.05, 4.69) is 10.5 Å². The van der Waals surface area contributed by atoms with Gasteiger partial charge in [-0.25, -0.2) is 10.2 Å². The van der Waals surface area contributed by atoms with Crippen molar-refractivity contribution < 1.29 is 19.0 Å². The summed E-state index contributed by atoms with van der Waals surface area (Å²) in [7, 11) is 4.64. The molecule has 0 aliphatic carbocycles. The average molecular weight is 293 g/mol. The highest BCUT2D eigenvalue weighted by Gasteiger charge is 2.11. The van der Waals surface area contributed by atoms with Crippen molar-refractivity contribution in [1.29, 1.82) is 0 Å². The largest absolute Gasteiger partial charge is 0.493 e. The van der Waals surface area contributed by atoms with Crippen LogP contribution in [-0.4, -0.2) is 33.1 Å². The molecule has 0 saturated carbocycles. The van der Waals surface area contributed by atoms with Gasteiger partial charge in [-0.3, -0.25) is 0 Å². The van der Waals surface area contributed by atoms with Crippen LogP contribution in [0.15, 0.2) is 23.3 Å². The highest BCUT2D eigenvalue weighted by atomic mass is 16.5. The summed E-state index contributed by atoms with van der Waals surface area (Å²) in [5.74, 6) is 1.64. The van der Waals surface area contributed by atoms with Crippen LogP contribution in [0, 0.1) is 0 Å². The quantitative estimate of drug-likeness (QED) is 0.617. The Balaban J connectivity index is 3.03. The lowest BCUT2D eigenvalue weighted by molar-refractivity contribution is 0.249. The van der Waals surface area contributed by atoms with E-state index in [-0.39, 0.29) is 0 Å². The fraction of sp³-hybridized carbons (Fsp3) is 0.286. The topological polar surface area (TPSA) is 95.2 Å². The van der Waals surface area contributed by atoms with Crippen molar-refractivity contribution >= 4 is 17.8 Å². The number of primary amides is 1. The first-order valence-corrected chi connectivity index (χ1v) is 6.09. The summed E-state index contributed by atoms with van der Waals surface area (Å²) in [5.41, 5.74) is 8.50. The third kappa shape index (κ3) is 4.72. The molecule has 0 saturated heterocycles. The first-order chi connectivity index (χ1) is 10.0. The lowest BCUT2D eigenvalue weighted by atomic mass is 10.1. The molecule has 0 unspecified atom stereocenters. The van der Waals surface area contributed by atoms with Crippen molar-refractivity contribution in [2.24, 2.45) is 10.8 Å². The number of nitrogens with one attached hydrogen (secondary N) is 1. The Kier molecular flexibility index (Phi) is 6.06. The molecule has 0 aromatic heterocycles. The Morgan fingerprint density at radius 3 is 2.19 bits per heavy atom. The third-order valence-corrected chi connectivity index (χ3v) is 2.55. The SMILES string of the molecule is COc1cc(/C=C/C(C)=N\NC(N)=O)cc(OC)c1OC. The number of carbonyl (C=O) groups is 1. The number of carbonyl (C=O) groups excluding carboxylic acids is 1. The van der Waals surface area contributed by atoms with Crippen molar-refractivity contribution in [1.82, 2.24) is 5.43 Å². The van der Waals surface area contributed by atoms with Crippen LogP contribution in [0.5, 0.6) is 17.2 Å². The standard InChI is InChI=1S/C14H19N3O4/c1-9(16-17-14(15)18)5-6-10-7-11(19-2)13(21-4)12(8-10)20-3/h5-8H,1-4H3,(H3,15,17,18)/b6-5+,16-9-. The van der Waals surface area contributed by atoms with Crippen LogP contribution in [0.25, 0.3) is 6.08 Å². The molecule has 1 rings (SSSR count). The molecule has 7 heteroatoms. The van der Waals surface area contributed by atoms with Gasteiger partial charge in [-0.15, -0.1) is 0 Å². The van der Waals surface area contributed by atoms with Gasteiger partial charge in [-0.05, 0) is 30.7 Å². The molecule has 1 aromatic carbocycles. The number of benzene rings is 1. The number of hydrogen-bond acceptors (Lipinski definition) is 5. The van der Waals surface area contributed by atoms with Gasteiger partial charge in [-0.2, -0.15) is 5.10 Å². The normalized spacial score (nSPS) is 11.3. The second kappa shape index (κ2) is 7.78. The Morgan fingerprint density at radius 2 is 1.76 bits per heavy atom. The third-order valence-electron chi connectivity index (χ3n) is 2.55. The predicted octanol–water partition coefficient (Wildman–Crippen LogP) is 1.77. The van der Waals surface area contributed by atoms with Crippen LogP contribution in [-0.2, 0) is 0 Å². The molecule has 7 nitrogen and oxygen atoms in total. The van der Waals surface area contributed by atoms with Gasteiger partial charge in [0.15, 0.2) is 11.5 Å². The first kappa shape index (κ1) is 16.4. The van der Waals surface area contributed by atoms with E-state index in [1.165, 1.54) is 0 Å². The molecule has 21 heavy (non-hydrogen) atoms. The minimum Gasteiger partial charge on any atom is -0.493 e. The van der Waals surface area contributed by atoms with Gasteiger partial charge >= 0.3 is 6.03 Å². The Morgan fingerprint density at radius 1 is 1.19 bits per heavy atom. The number of allylic oxidation sites excluding steroid dienone is 1. The Hall–Kier alpha value is -2.70. The van der Waals surface area contributed by atoms with E-state index in [1.807, 2.05) is 0 Å². The van der Waals surface area contributed by atoms with Crippen LogP contribution in [0.3, 0.4) is 0 Å². The van der Waals surface area contributed by atoms with Gasteiger partial charge in [-0.1, -0.05) is 6.08 Å². The smallest absolute Gasteiger partial charge is 0.332 e. The monoisotopic (exact) mass is 293 g/mol. The zero-order valence-electron chi connectivity index (χ0n) is 12.5. The number of nitrogens with zero attached hydrogens (tertiary/aromatic N) is 1. The van der Waals surface area contributed by atoms with Crippen LogP contribution in [0.4, 0.5) is 4.79 Å². The minimum absolute atomic E-state index is 0.526. The maximum atomic E-state index is 10.5. The van der Waals surface area contributed by atoms with Crippen molar-refractivity contribution in [2.45, 2.75) is 6.92 Å². The number of amides is 2. The summed E-state index contributed by atoms with van der Waals surface area (Å²) in [5, 5.41) is 3.78. The van der Waals surface area contributed by atoms with E-state index in [0.717, 1.165) is 5.56 Å². The molecule has 114 valence electrons. The number of rotatable bonds is 6. The summed E-state index contributed by atoms with van der Waals surface area (Å²) < 4.78 is 15.8. The predicted molar refractivity (Wildman–Crippen MR) is 81.0 cm³/mol. The molecule has 0 fully saturated rings. The van der Waals surface area contributed by atoms with E-state index in [4.69, 9.17) is 19.9 Å². The summed E-state index contributed by atoms with van der Waals surface area (Å²) in [4.78, 5) is 10.5. The highest BCUT2D eigenvalue weighted by molar-refractivity contribution is 5.97. The van der Waals surface area contributed by atoms with Gasteiger partial charge in [0.25, 0.3) is 0 Å². The molecule has 0 radical (unpaired) electrons. The minimum atomic E-state index is -0.712. The second-order valence-corrected chi connectivity index (χ2v) is 4.02. The number of nitrogens with two attached hydrogens (primary N) is 1. The summed E-state index contributed by atoms with van der Waals surface area (Å²) >= 11 is 0. The zero-order valence-corrected chi connectivity index (χ0v) is 12.5. The van der Waals surface area contributed by atoms with Crippen LogP contribution in [0.2, 0.25) is 0 Å². The molecule has 1 aromatic rings. The Bertz CT molecular complexity index is 542. The molecule has 0 atom stereocenters. The van der Waals surface area contributed by atoms with Crippen molar-refractivity contribution in [3.63, 3.8) is 0 Å². The number of hydrazone groups is 1. The van der Waals surface area contributed by atoms with Gasteiger partial charge in [0.2, 0.25) is 5.75 Å². The molecule has 0 heterocycles. The van der Waals surface area contributed by atoms with Gasteiger partial charge in [0.05, 0.1) is 27.0 Å². The average Bonchev–Trinajstić information content (AvgIpc) is 2.49. The summed E-state index contributed by atoms with van der Waals surface area (Å²) in [6, 6.07) is 2.88. The molecule has 3 N–H and O–H groups in total. The van der Waals surface area contributed by atoms with Crippen LogP contribution < -0.4 is 25.4 Å². The van der Waals surface area contributed by atoms with Crippen molar-refractivity contribution in [2.75, 3.05) is 21.3 Å². The van der Waals surface area contributed by atoms with Gasteiger partial charge in [0, 0.05) is 0 Å². The van der Waals surface area contributed by atoms with Crippen LogP contribution in [0.1, 0.15) is 12.5 Å². The van der Waals surface area contributed by atoms with Gasteiger partial charge < -0.3 is 19.9 Å². The lowest BCUT2D eigenvalue weighted by Crippen LogP contribution is -2.25. The fourth-order valence-electron chi connectivity index (χ4n) is 1.59. The fourth-order valence-corrected chi connectivity index (χ4v) is 1.59. The number of urea groups is 1. The van der Waals surface area contributed by atoms with Crippen molar-refractivity contribution in [3.8, 4) is 17.2 Å². The number of methoxy groups -OCH3 is 3. The summed E-state index contributed by atoms with van der Waals surface area (Å²) in [6.07, 6.45) is 3.52. The summed E-state index contributed by atoms with van der Waals surface area (Å²) in [6.45, 7) is 1.73. The molecule has 2 amide bonds. The lowest BCUT2D eigenvalue weighted by Gasteiger charge is -2.12. The number of ether oxygens (including phenoxy) is 3. The van der Waals surface area contributed by atoms with Gasteiger partial charge in [0.1, 0.15) is 0 Å². The molecular formula is C14H19N3O4. The molecule has 0 aliphatic heterocycles. The second-order valence-electron chi connectivity index (χ2n) is 4.02. The molecule has 0 bridgehead atoms. The first-order valence-electron chi connectivity index (χ1n) is 6.09.